The summed E-state index contributed by atoms with van der Waals surface area (Å²) in [5.74, 6) is 1.11. The standard InChI is InChI=1S/C23H27Cl2NO3/c1-29-21(28)22-9-14-7-15(10-22)12-23(11-14,13-22)26-6-5-16(20(26)27)8-17-18(24)3-2-4-19(17)25/h2-4,14-16H,5-13H2,1H3. The van der Waals surface area contributed by atoms with Gasteiger partial charge in [0, 0.05) is 28.0 Å². The molecule has 4 aliphatic carbocycles. The van der Waals surface area contributed by atoms with Crippen molar-refractivity contribution in [3.63, 3.8) is 0 Å². The minimum Gasteiger partial charge on any atom is -0.469 e. The molecule has 156 valence electrons. The van der Waals surface area contributed by atoms with Gasteiger partial charge in [-0.25, -0.2) is 0 Å². The highest BCUT2D eigenvalue weighted by molar-refractivity contribution is 6.36. The third-order valence-electron chi connectivity index (χ3n) is 8.05. The molecule has 0 N–H and O–H groups in total. The number of rotatable bonds is 4. The zero-order valence-corrected chi connectivity index (χ0v) is 18.3. The van der Waals surface area contributed by atoms with E-state index in [1.54, 1.807) is 0 Å². The molecule has 3 atom stereocenters. The van der Waals surface area contributed by atoms with Gasteiger partial charge in [0.25, 0.3) is 0 Å². The Morgan fingerprint density at radius 3 is 2.45 bits per heavy atom. The van der Waals surface area contributed by atoms with E-state index in [4.69, 9.17) is 27.9 Å². The monoisotopic (exact) mass is 435 g/mol. The van der Waals surface area contributed by atoms with Crippen LogP contribution in [0.4, 0.5) is 0 Å². The van der Waals surface area contributed by atoms with Crippen LogP contribution in [0.5, 0.6) is 0 Å². The molecule has 3 unspecified atom stereocenters. The molecular formula is C23H27Cl2NO3. The Labute approximate surface area is 181 Å². The van der Waals surface area contributed by atoms with Gasteiger partial charge in [0.1, 0.15) is 0 Å². The molecule has 6 heteroatoms. The second-order valence-corrected chi connectivity index (χ2v) is 10.7. The van der Waals surface area contributed by atoms with Crippen molar-refractivity contribution in [3.05, 3.63) is 33.8 Å². The second-order valence-electron chi connectivity index (χ2n) is 9.84. The zero-order chi connectivity index (χ0) is 20.4. The molecule has 4 bridgehead atoms. The van der Waals surface area contributed by atoms with Crippen LogP contribution in [-0.2, 0) is 20.7 Å². The lowest BCUT2D eigenvalue weighted by Crippen LogP contribution is -2.65. The van der Waals surface area contributed by atoms with Crippen LogP contribution in [0.25, 0.3) is 0 Å². The maximum absolute atomic E-state index is 13.5. The van der Waals surface area contributed by atoms with E-state index in [-0.39, 0.29) is 28.7 Å². The van der Waals surface area contributed by atoms with Crippen LogP contribution >= 0.6 is 23.2 Å². The number of likely N-dealkylation sites (tertiary alicyclic amines) is 1. The summed E-state index contributed by atoms with van der Waals surface area (Å²) in [5.41, 5.74) is 0.310. The first-order chi connectivity index (χ1) is 13.9. The zero-order valence-electron chi connectivity index (χ0n) is 16.8. The maximum Gasteiger partial charge on any atom is 0.311 e. The fourth-order valence-electron chi connectivity index (χ4n) is 7.36. The Hall–Kier alpha value is -1.26. The summed E-state index contributed by atoms with van der Waals surface area (Å²) in [6.07, 6.45) is 7.30. The van der Waals surface area contributed by atoms with Crippen molar-refractivity contribution >= 4 is 35.1 Å². The van der Waals surface area contributed by atoms with E-state index < -0.39 is 0 Å². The molecule has 0 radical (unpaired) electrons. The normalized spacial score (nSPS) is 38.0. The van der Waals surface area contributed by atoms with Crippen LogP contribution in [0.2, 0.25) is 10.0 Å². The molecule has 1 amide bonds. The highest BCUT2D eigenvalue weighted by Gasteiger charge is 2.64. The number of esters is 1. The number of halogens is 2. The van der Waals surface area contributed by atoms with Crippen LogP contribution in [-0.4, -0.2) is 36.0 Å². The number of benzene rings is 1. The van der Waals surface area contributed by atoms with E-state index in [1.165, 1.54) is 13.5 Å². The Morgan fingerprint density at radius 2 is 1.83 bits per heavy atom. The largest absolute Gasteiger partial charge is 0.469 e. The Morgan fingerprint density at radius 1 is 1.17 bits per heavy atom. The van der Waals surface area contributed by atoms with Crippen LogP contribution in [0.3, 0.4) is 0 Å². The molecule has 1 heterocycles. The van der Waals surface area contributed by atoms with Gasteiger partial charge in [0.05, 0.1) is 12.5 Å². The van der Waals surface area contributed by atoms with Gasteiger partial charge < -0.3 is 9.64 Å². The van der Waals surface area contributed by atoms with E-state index in [0.29, 0.717) is 28.3 Å². The lowest BCUT2D eigenvalue weighted by Gasteiger charge is -2.63. The summed E-state index contributed by atoms with van der Waals surface area (Å²) >= 11 is 12.7. The average molecular weight is 436 g/mol. The first-order valence-corrected chi connectivity index (χ1v) is 11.4. The van der Waals surface area contributed by atoms with E-state index in [0.717, 1.165) is 50.6 Å². The third kappa shape index (κ3) is 3.01. The first kappa shape index (κ1) is 19.7. The fraction of sp³-hybridized carbons (Fsp3) is 0.652. The Bertz CT molecular complexity index is 835. The molecule has 0 spiro atoms. The van der Waals surface area contributed by atoms with Gasteiger partial charge in [-0.3, -0.25) is 9.59 Å². The van der Waals surface area contributed by atoms with Crippen molar-refractivity contribution in [3.8, 4) is 0 Å². The predicted octanol–water partition coefficient (Wildman–Crippen LogP) is 4.90. The van der Waals surface area contributed by atoms with Gasteiger partial charge in [-0.2, -0.15) is 0 Å². The average Bonchev–Trinajstić information content (AvgIpc) is 3.04. The molecule has 1 aromatic rings. The van der Waals surface area contributed by atoms with Gasteiger partial charge in [0.15, 0.2) is 0 Å². The molecule has 1 saturated heterocycles. The summed E-state index contributed by atoms with van der Waals surface area (Å²) in [7, 11) is 1.50. The number of ether oxygens (including phenoxy) is 1. The van der Waals surface area contributed by atoms with Gasteiger partial charge >= 0.3 is 5.97 Å². The highest BCUT2D eigenvalue weighted by atomic mass is 35.5. The van der Waals surface area contributed by atoms with E-state index in [1.807, 2.05) is 18.2 Å². The minimum atomic E-state index is -0.386. The van der Waals surface area contributed by atoms with Crippen molar-refractivity contribution in [1.82, 2.24) is 4.90 Å². The van der Waals surface area contributed by atoms with Crippen molar-refractivity contribution in [2.45, 2.75) is 56.9 Å². The van der Waals surface area contributed by atoms with Crippen molar-refractivity contribution in [2.24, 2.45) is 23.2 Å². The Balaban J connectivity index is 1.40. The van der Waals surface area contributed by atoms with Gasteiger partial charge in [0.2, 0.25) is 5.91 Å². The summed E-state index contributed by atoms with van der Waals surface area (Å²) in [6, 6.07) is 5.50. The molecule has 1 aliphatic heterocycles. The molecule has 5 fully saturated rings. The minimum absolute atomic E-state index is 0.0676. The summed E-state index contributed by atoms with van der Waals surface area (Å²) in [6.45, 7) is 0.766. The topological polar surface area (TPSA) is 46.6 Å². The number of carbonyl (C=O) groups is 2. The number of hydrogen-bond donors (Lipinski definition) is 0. The molecule has 5 aliphatic rings. The quantitative estimate of drug-likeness (QED) is 0.631. The maximum atomic E-state index is 13.5. The molecule has 4 nitrogen and oxygen atoms in total. The number of nitrogens with zero attached hydrogens (tertiary/aromatic N) is 1. The number of methoxy groups -OCH3 is 1. The molecule has 29 heavy (non-hydrogen) atoms. The molecular weight excluding hydrogens is 409 g/mol. The highest BCUT2D eigenvalue weighted by Crippen LogP contribution is 2.64. The molecule has 6 rings (SSSR count). The van der Waals surface area contributed by atoms with Crippen molar-refractivity contribution in [2.75, 3.05) is 13.7 Å². The summed E-state index contributed by atoms with van der Waals surface area (Å²) in [4.78, 5) is 28.4. The van der Waals surface area contributed by atoms with Gasteiger partial charge in [-0.05, 0) is 80.9 Å². The Kier molecular flexibility index (Phi) is 4.67. The molecule has 0 aromatic heterocycles. The number of amides is 1. The fourth-order valence-corrected chi connectivity index (χ4v) is 7.91. The number of hydrogen-bond acceptors (Lipinski definition) is 3. The van der Waals surface area contributed by atoms with E-state index >= 15 is 0 Å². The van der Waals surface area contributed by atoms with Crippen LogP contribution in [0, 0.1) is 23.2 Å². The second kappa shape index (κ2) is 6.88. The van der Waals surface area contributed by atoms with Crippen molar-refractivity contribution in [1.29, 1.82) is 0 Å². The predicted molar refractivity (Wildman–Crippen MR) is 112 cm³/mol. The lowest BCUT2D eigenvalue weighted by atomic mass is 9.46. The number of carbonyl (C=O) groups excluding carboxylic acids is 2. The molecule has 4 saturated carbocycles. The van der Waals surface area contributed by atoms with Crippen LogP contribution < -0.4 is 0 Å². The van der Waals surface area contributed by atoms with Crippen LogP contribution in [0.15, 0.2) is 18.2 Å². The third-order valence-corrected chi connectivity index (χ3v) is 8.76. The van der Waals surface area contributed by atoms with Gasteiger partial charge in [-0.15, -0.1) is 0 Å². The SMILES string of the molecule is COC(=O)C12CC3CC(C1)CC(N1CCC(Cc4c(Cl)cccc4Cl)C1=O)(C3)C2. The lowest BCUT2D eigenvalue weighted by molar-refractivity contribution is -0.184. The van der Waals surface area contributed by atoms with Crippen LogP contribution in [0.1, 0.15) is 50.5 Å². The van der Waals surface area contributed by atoms with E-state index in [9.17, 15) is 9.59 Å². The first-order valence-electron chi connectivity index (χ1n) is 10.7. The van der Waals surface area contributed by atoms with E-state index in [2.05, 4.69) is 4.90 Å². The van der Waals surface area contributed by atoms with Crippen molar-refractivity contribution < 1.29 is 14.3 Å². The summed E-state index contributed by atoms with van der Waals surface area (Å²) in [5, 5.41) is 1.26. The summed E-state index contributed by atoms with van der Waals surface area (Å²) < 4.78 is 5.22. The smallest absolute Gasteiger partial charge is 0.311 e. The molecule has 1 aromatic carbocycles. The van der Waals surface area contributed by atoms with Gasteiger partial charge in [-0.1, -0.05) is 29.3 Å².